The first kappa shape index (κ1) is 19.8. The lowest BCUT2D eigenvalue weighted by atomic mass is 10.1. The predicted octanol–water partition coefficient (Wildman–Crippen LogP) is 5.61. The fourth-order valence-corrected chi connectivity index (χ4v) is 3.97. The van der Waals surface area contributed by atoms with E-state index in [4.69, 9.17) is 4.42 Å². The van der Waals surface area contributed by atoms with Crippen LogP contribution in [0.4, 0.5) is 5.69 Å². The molecule has 1 amide bonds. The summed E-state index contributed by atoms with van der Waals surface area (Å²) in [6, 6.07) is 16.1. The van der Waals surface area contributed by atoms with Gasteiger partial charge in [0, 0.05) is 41.8 Å². The minimum Gasteiger partial charge on any atom is -0.444 e. The van der Waals surface area contributed by atoms with Gasteiger partial charge < -0.3 is 14.3 Å². The van der Waals surface area contributed by atoms with Crippen molar-refractivity contribution in [1.29, 1.82) is 0 Å². The average Bonchev–Trinajstić information content (AvgIpc) is 3.46. The highest BCUT2D eigenvalue weighted by Crippen LogP contribution is 2.26. The van der Waals surface area contributed by atoms with Gasteiger partial charge in [-0.3, -0.25) is 9.78 Å². The minimum absolute atomic E-state index is 0.139. The van der Waals surface area contributed by atoms with E-state index in [9.17, 15) is 4.79 Å². The molecule has 5 rings (SSSR count). The lowest BCUT2D eigenvalue weighted by Gasteiger charge is -2.11. The molecule has 0 unspecified atom stereocenters. The molecule has 3 heterocycles. The number of benzene rings is 2. The molecule has 0 bridgehead atoms. The van der Waals surface area contributed by atoms with Gasteiger partial charge in [-0.25, -0.2) is 4.98 Å². The lowest BCUT2D eigenvalue weighted by Crippen LogP contribution is -2.13. The second-order valence-electron chi connectivity index (χ2n) is 7.85. The number of fused-ring (bicyclic) bond motifs is 1. The van der Waals surface area contributed by atoms with Gasteiger partial charge in [0.15, 0.2) is 12.2 Å². The molecule has 1 N–H and O–H groups in total. The summed E-state index contributed by atoms with van der Waals surface area (Å²) in [4.78, 5) is 21.4. The Hall–Kier alpha value is -4.19. The molecular formula is C26H22N4O2. The lowest BCUT2D eigenvalue weighted by molar-refractivity contribution is 0.102. The topological polar surface area (TPSA) is 73.0 Å². The van der Waals surface area contributed by atoms with Crippen LogP contribution in [-0.4, -0.2) is 20.4 Å². The van der Waals surface area contributed by atoms with Crippen LogP contribution < -0.4 is 5.32 Å². The molecule has 32 heavy (non-hydrogen) atoms. The zero-order chi connectivity index (χ0) is 22.1. The van der Waals surface area contributed by atoms with E-state index in [1.165, 1.54) is 6.39 Å². The van der Waals surface area contributed by atoms with Crippen molar-refractivity contribution in [2.75, 3.05) is 5.32 Å². The van der Waals surface area contributed by atoms with Crippen LogP contribution in [0.2, 0.25) is 0 Å². The number of nitrogens with zero attached hydrogens (tertiary/aromatic N) is 3. The molecule has 2 aromatic carbocycles. The Bertz CT molecular complexity index is 1380. The maximum Gasteiger partial charge on any atom is 0.257 e. The van der Waals surface area contributed by atoms with E-state index in [0.717, 1.165) is 44.6 Å². The first-order valence-corrected chi connectivity index (χ1v) is 10.4. The third kappa shape index (κ3) is 3.67. The van der Waals surface area contributed by atoms with Gasteiger partial charge in [-0.2, -0.15) is 0 Å². The fourth-order valence-electron chi connectivity index (χ4n) is 3.97. The molecule has 6 heteroatoms. The number of hydrogen-bond donors (Lipinski definition) is 1. The number of anilines is 1. The second-order valence-corrected chi connectivity index (χ2v) is 7.85. The van der Waals surface area contributed by atoms with E-state index < -0.39 is 0 Å². The number of rotatable bonds is 5. The van der Waals surface area contributed by atoms with Gasteiger partial charge in [0.25, 0.3) is 5.91 Å². The summed E-state index contributed by atoms with van der Waals surface area (Å²) < 4.78 is 7.45. The highest BCUT2D eigenvalue weighted by Gasteiger charge is 2.17. The number of pyridine rings is 1. The van der Waals surface area contributed by atoms with Crippen LogP contribution in [-0.2, 0) is 6.54 Å². The van der Waals surface area contributed by atoms with Gasteiger partial charge in [0.05, 0.1) is 17.3 Å². The van der Waals surface area contributed by atoms with Gasteiger partial charge in [0.2, 0.25) is 0 Å². The molecule has 0 atom stereocenters. The van der Waals surface area contributed by atoms with Crippen molar-refractivity contribution >= 4 is 22.5 Å². The van der Waals surface area contributed by atoms with Crippen LogP contribution >= 0.6 is 0 Å². The van der Waals surface area contributed by atoms with E-state index >= 15 is 0 Å². The highest BCUT2D eigenvalue weighted by molar-refractivity contribution is 6.13. The van der Waals surface area contributed by atoms with Crippen LogP contribution in [0, 0.1) is 13.8 Å². The molecular weight excluding hydrogens is 400 g/mol. The third-order valence-corrected chi connectivity index (χ3v) is 5.67. The summed E-state index contributed by atoms with van der Waals surface area (Å²) in [6.45, 7) is 4.62. The van der Waals surface area contributed by atoms with E-state index in [1.807, 2.05) is 56.4 Å². The van der Waals surface area contributed by atoms with Gasteiger partial charge >= 0.3 is 0 Å². The zero-order valence-electron chi connectivity index (χ0n) is 17.9. The van der Waals surface area contributed by atoms with E-state index in [1.54, 1.807) is 18.6 Å². The van der Waals surface area contributed by atoms with Crippen LogP contribution in [0.5, 0.6) is 0 Å². The molecule has 0 aliphatic heterocycles. The Morgan fingerprint density at radius 1 is 1.00 bits per heavy atom. The highest BCUT2D eigenvalue weighted by atomic mass is 16.3. The fraction of sp³-hybridized carbons (Fsp3) is 0.115. The predicted molar refractivity (Wildman–Crippen MR) is 125 cm³/mol. The van der Waals surface area contributed by atoms with Crippen molar-refractivity contribution in [3.63, 3.8) is 0 Å². The van der Waals surface area contributed by atoms with Gasteiger partial charge in [0.1, 0.15) is 0 Å². The molecule has 158 valence electrons. The number of amides is 1. The Labute approximate surface area is 185 Å². The van der Waals surface area contributed by atoms with Crippen molar-refractivity contribution < 1.29 is 9.21 Å². The first-order chi connectivity index (χ1) is 15.6. The second kappa shape index (κ2) is 8.15. The molecule has 0 saturated carbocycles. The Kier molecular flexibility index (Phi) is 5.03. The number of carbonyl (C=O) groups is 1. The normalized spacial score (nSPS) is 11.1. The van der Waals surface area contributed by atoms with Crippen molar-refractivity contribution in [2.24, 2.45) is 0 Å². The summed E-state index contributed by atoms with van der Waals surface area (Å²) in [7, 11) is 0. The summed E-state index contributed by atoms with van der Waals surface area (Å²) in [5.74, 6) is 0.597. The van der Waals surface area contributed by atoms with Crippen molar-refractivity contribution in [3.8, 4) is 11.3 Å². The van der Waals surface area contributed by atoms with Gasteiger partial charge in [-0.1, -0.05) is 42.5 Å². The monoisotopic (exact) mass is 422 g/mol. The van der Waals surface area contributed by atoms with Crippen LogP contribution in [0.25, 0.3) is 22.2 Å². The van der Waals surface area contributed by atoms with E-state index in [-0.39, 0.29) is 5.91 Å². The number of carbonyl (C=O) groups excluding carboxylic acids is 1. The standard InChI is InChI=1S/C26H22N4O2/c1-17-4-3-5-18(2)25(17)29-26(31)22-15-30(23-10-11-27-12-21(22)23)14-19-6-8-20(9-7-19)24-13-28-16-32-24/h3-13,15-16H,14H2,1-2H3,(H,29,31). The number of para-hydroxylation sites is 1. The zero-order valence-corrected chi connectivity index (χ0v) is 17.9. The maximum atomic E-state index is 13.2. The van der Waals surface area contributed by atoms with Crippen molar-refractivity contribution in [3.05, 3.63) is 102 Å². The van der Waals surface area contributed by atoms with Crippen LogP contribution in [0.3, 0.4) is 0 Å². The van der Waals surface area contributed by atoms with Crippen molar-refractivity contribution in [1.82, 2.24) is 14.5 Å². The maximum absolute atomic E-state index is 13.2. The molecule has 3 aromatic heterocycles. The van der Waals surface area contributed by atoms with Gasteiger partial charge in [-0.05, 0) is 36.6 Å². The molecule has 0 saturated heterocycles. The molecule has 0 aliphatic carbocycles. The number of oxazole rings is 1. The van der Waals surface area contributed by atoms with Crippen molar-refractivity contribution in [2.45, 2.75) is 20.4 Å². The molecule has 0 radical (unpaired) electrons. The molecule has 0 aliphatic rings. The number of nitrogens with one attached hydrogen (secondary N) is 1. The Morgan fingerprint density at radius 3 is 2.50 bits per heavy atom. The largest absolute Gasteiger partial charge is 0.444 e. The Balaban J connectivity index is 1.46. The molecule has 0 fully saturated rings. The quantitative estimate of drug-likeness (QED) is 0.400. The Morgan fingerprint density at radius 2 is 1.78 bits per heavy atom. The summed E-state index contributed by atoms with van der Waals surface area (Å²) in [5, 5.41) is 3.92. The van der Waals surface area contributed by atoms with Crippen LogP contribution in [0.1, 0.15) is 27.0 Å². The number of hydrogen-bond acceptors (Lipinski definition) is 4. The summed E-state index contributed by atoms with van der Waals surface area (Å²) in [6.07, 6.45) is 8.52. The van der Waals surface area contributed by atoms with E-state index in [0.29, 0.717) is 12.1 Å². The third-order valence-electron chi connectivity index (χ3n) is 5.67. The molecule has 5 aromatic rings. The van der Waals surface area contributed by atoms with Crippen LogP contribution in [0.15, 0.2) is 84.1 Å². The average molecular weight is 422 g/mol. The first-order valence-electron chi connectivity index (χ1n) is 10.4. The number of aryl methyl sites for hydroxylation is 2. The van der Waals surface area contributed by atoms with E-state index in [2.05, 4.69) is 32.0 Å². The summed E-state index contributed by atoms with van der Waals surface area (Å²) >= 11 is 0. The summed E-state index contributed by atoms with van der Waals surface area (Å²) in [5.41, 5.74) is 6.58. The minimum atomic E-state index is -0.139. The molecule has 0 spiro atoms. The molecule has 6 nitrogen and oxygen atoms in total. The number of aromatic nitrogens is 3. The SMILES string of the molecule is Cc1cccc(C)c1NC(=O)c1cn(Cc2ccc(-c3cnco3)cc2)c2ccncc12. The van der Waals surface area contributed by atoms with Gasteiger partial charge in [-0.15, -0.1) is 0 Å². The smallest absolute Gasteiger partial charge is 0.257 e.